The van der Waals surface area contributed by atoms with Crippen LogP contribution in [0.4, 0.5) is 15.9 Å². The minimum Gasteiger partial charge on any atom is -0.352 e. The Bertz CT molecular complexity index is 1170. The largest absolute Gasteiger partial charge is 0.352 e. The number of anilines is 2. The van der Waals surface area contributed by atoms with Crippen LogP contribution in [0.2, 0.25) is 0 Å². The molecule has 0 aliphatic heterocycles. The molecule has 1 heterocycles. The average molecular weight is 477 g/mol. The minimum atomic E-state index is -1.05. The number of carbonyl (C=O) groups is 3. The first-order chi connectivity index (χ1) is 16.7. The standard InChI is InChI=1S/C27H29FN4O3/c1-18(2)30-27(35)26(20-10-12-21(28)13-11-20)32(22-8-6-7-19(3)17-22)25(34)15-14-24(33)31-23-9-4-5-16-29-23/h4-13,16-18,26H,14-15H2,1-3H3,(H,30,35)(H,29,31,33)/t26-/m0/s1. The summed E-state index contributed by atoms with van der Waals surface area (Å²) in [7, 11) is 0. The number of aromatic nitrogens is 1. The molecule has 0 bridgehead atoms. The highest BCUT2D eigenvalue weighted by Gasteiger charge is 2.33. The smallest absolute Gasteiger partial charge is 0.248 e. The molecule has 0 fully saturated rings. The maximum Gasteiger partial charge on any atom is 0.248 e. The first-order valence-corrected chi connectivity index (χ1v) is 11.4. The summed E-state index contributed by atoms with van der Waals surface area (Å²) in [6, 6.07) is 16.6. The first kappa shape index (κ1) is 25.6. The van der Waals surface area contributed by atoms with Gasteiger partial charge in [-0.25, -0.2) is 9.37 Å². The van der Waals surface area contributed by atoms with E-state index >= 15 is 0 Å². The van der Waals surface area contributed by atoms with Gasteiger partial charge in [0, 0.05) is 30.8 Å². The van der Waals surface area contributed by atoms with E-state index in [0.29, 0.717) is 17.1 Å². The van der Waals surface area contributed by atoms with Crippen molar-refractivity contribution in [1.82, 2.24) is 10.3 Å². The molecular weight excluding hydrogens is 447 g/mol. The predicted octanol–water partition coefficient (Wildman–Crippen LogP) is 4.55. The van der Waals surface area contributed by atoms with Gasteiger partial charge in [0.25, 0.3) is 0 Å². The zero-order valence-corrected chi connectivity index (χ0v) is 20.0. The van der Waals surface area contributed by atoms with Crippen molar-refractivity contribution in [3.63, 3.8) is 0 Å². The van der Waals surface area contributed by atoms with Gasteiger partial charge >= 0.3 is 0 Å². The van der Waals surface area contributed by atoms with Crippen LogP contribution in [-0.2, 0) is 14.4 Å². The highest BCUT2D eigenvalue weighted by atomic mass is 19.1. The van der Waals surface area contributed by atoms with Gasteiger partial charge in [0.1, 0.15) is 17.7 Å². The molecule has 0 spiro atoms. The number of amides is 3. The third-order valence-corrected chi connectivity index (χ3v) is 5.17. The molecule has 35 heavy (non-hydrogen) atoms. The molecule has 0 radical (unpaired) electrons. The lowest BCUT2D eigenvalue weighted by Crippen LogP contribution is -2.46. The Morgan fingerprint density at radius 3 is 2.34 bits per heavy atom. The SMILES string of the molecule is Cc1cccc(N(C(=O)CCC(=O)Nc2ccccn2)[C@H](C(=O)NC(C)C)c2ccc(F)cc2)c1. The molecule has 0 unspecified atom stereocenters. The van der Waals surface area contributed by atoms with Gasteiger partial charge in [-0.3, -0.25) is 19.3 Å². The molecule has 3 amide bonds. The number of hydrogen-bond acceptors (Lipinski definition) is 4. The van der Waals surface area contributed by atoms with Crippen molar-refractivity contribution in [3.05, 3.63) is 89.9 Å². The second-order valence-corrected chi connectivity index (χ2v) is 8.48. The topological polar surface area (TPSA) is 91.4 Å². The van der Waals surface area contributed by atoms with E-state index in [9.17, 15) is 18.8 Å². The normalized spacial score (nSPS) is 11.6. The Hall–Kier alpha value is -4.07. The van der Waals surface area contributed by atoms with Crippen LogP contribution in [0.5, 0.6) is 0 Å². The Labute approximate surface area is 204 Å². The third kappa shape index (κ3) is 7.20. The zero-order chi connectivity index (χ0) is 25.4. The van der Waals surface area contributed by atoms with Crippen LogP contribution >= 0.6 is 0 Å². The number of aryl methyl sites for hydroxylation is 1. The predicted molar refractivity (Wildman–Crippen MR) is 133 cm³/mol. The van der Waals surface area contributed by atoms with E-state index < -0.39 is 23.7 Å². The molecule has 7 nitrogen and oxygen atoms in total. The van der Waals surface area contributed by atoms with Crippen LogP contribution in [0.1, 0.15) is 43.9 Å². The van der Waals surface area contributed by atoms with Crippen molar-refractivity contribution in [3.8, 4) is 0 Å². The van der Waals surface area contributed by atoms with Crippen molar-refractivity contribution < 1.29 is 18.8 Å². The van der Waals surface area contributed by atoms with E-state index in [0.717, 1.165) is 5.56 Å². The van der Waals surface area contributed by atoms with Gasteiger partial charge in [0.05, 0.1) is 0 Å². The molecule has 2 N–H and O–H groups in total. The van der Waals surface area contributed by atoms with Gasteiger partial charge in [-0.2, -0.15) is 0 Å². The molecule has 8 heteroatoms. The molecule has 0 aliphatic rings. The fraction of sp³-hybridized carbons (Fsp3) is 0.259. The van der Waals surface area contributed by atoms with Crippen molar-refractivity contribution >= 4 is 29.2 Å². The maximum absolute atomic E-state index is 13.7. The van der Waals surface area contributed by atoms with Crippen molar-refractivity contribution in [2.75, 3.05) is 10.2 Å². The van der Waals surface area contributed by atoms with E-state index in [1.165, 1.54) is 29.2 Å². The monoisotopic (exact) mass is 476 g/mol. The van der Waals surface area contributed by atoms with E-state index in [1.807, 2.05) is 26.8 Å². The molecule has 2 aromatic carbocycles. The third-order valence-electron chi connectivity index (χ3n) is 5.17. The number of hydrogen-bond donors (Lipinski definition) is 2. The summed E-state index contributed by atoms with van der Waals surface area (Å²) in [6.07, 6.45) is 1.32. The van der Waals surface area contributed by atoms with Crippen LogP contribution in [0.25, 0.3) is 0 Å². The number of halogens is 1. The number of rotatable bonds is 9. The molecule has 0 saturated carbocycles. The van der Waals surface area contributed by atoms with Crippen LogP contribution in [0, 0.1) is 12.7 Å². The molecule has 3 aromatic rings. The Morgan fingerprint density at radius 1 is 0.971 bits per heavy atom. The highest BCUT2D eigenvalue weighted by molar-refractivity contribution is 6.03. The van der Waals surface area contributed by atoms with Crippen molar-refractivity contribution in [1.29, 1.82) is 0 Å². The van der Waals surface area contributed by atoms with Gasteiger partial charge in [-0.05, 0) is 68.3 Å². The summed E-state index contributed by atoms with van der Waals surface area (Å²) in [5.41, 5.74) is 1.86. The summed E-state index contributed by atoms with van der Waals surface area (Å²) in [5.74, 6) is -1.25. The van der Waals surface area contributed by atoms with Crippen molar-refractivity contribution in [2.45, 2.75) is 45.7 Å². The summed E-state index contributed by atoms with van der Waals surface area (Å²) < 4.78 is 13.7. The van der Waals surface area contributed by atoms with E-state index in [-0.39, 0.29) is 24.8 Å². The van der Waals surface area contributed by atoms with Gasteiger partial charge in [-0.1, -0.05) is 30.3 Å². The maximum atomic E-state index is 13.7. The fourth-order valence-corrected chi connectivity index (χ4v) is 3.62. The Kier molecular flexibility index (Phi) is 8.67. The summed E-state index contributed by atoms with van der Waals surface area (Å²) in [4.78, 5) is 44.8. The second-order valence-electron chi connectivity index (χ2n) is 8.48. The van der Waals surface area contributed by atoms with Crippen LogP contribution in [0.3, 0.4) is 0 Å². The lowest BCUT2D eigenvalue weighted by molar-refractivity contribution is -0.127. The van der Waals surface area contributed by atoms with Crippen LogP contribution in [0.15, 0.2) is 72.9 Å². The highest BCUT2D eigenvalue weighted by Crippen LogP contribution is 2.30. The van der Waals surface area contributed by atoms with Crippen molar-refractivity contribution in [2.24, 2.45) is 0 Å². The molecular formula is C27H29FN4O3. The number of nitrogens with zero attached hydrogens (tertiary/aromatic N) is 2. The molecule has 3 rings (SSSR count). The number of nitrogens with one attached hydrogen (secondary N) is 2. The summed E-state index contributed by atoms with van der Waals surface area (Å²) >= 11 is 0. The molecule has 1 aromatic heterocycles. The van der Waals surface area contributed by atoms with Gasteiger partial charge in [0.15, 0.2) is 0 Å². The lowest BCUT2D eigenvalue weighted by Gasteiger charge is -2.32. The Morgan fingerprint density at radius 2 is 1.71 bits per heavy atom. The lowest BCUT2D eigenvalue weighted by atomic mass is 10.0. The van der Waals surface area contributed by atoms with E-state index in [2.05, 4.69) is 15.6 Å². The number of benzene rings is 2. The minimum absolute atomic E-state index is 0.0976. The molecule has 0 saturated heterocycles. The zero-order valence-electron chi connectivity index (χ0n) is 20.0. The summed E-state index contributed by atoms with van der Waals surface area (Å²) in [5, 5.41) is 5.52. The molecule has 1 atom stereocenters. The number of carbonyl (C=O) groups excluding carboxylic acids is 3. The van der Waals surface area contributed by atoms with E-state index in [1.54, 1.807) is 42.6 Å². The van der Waals surface area contributed by atoms with Crippen LogP contribution in [-0.4, -0.2) is 28.7 Å². The van der Waals surface area contributed by atoms with Gasteiger partial charge < -0.3 is 10.6 Å². The molecule has 182 valence electrons. The quantitative estimate of drug-likeness (QED) is 0.474. The first-order valence-electron chi connectivity index (χ1n) is 11.4. The van der Waals surface area contributed by atoms with Gasteiger partial charge in [-0.15, -0.1) is 0 Å². The molecule has 0 aliphatic carbocycles. The van der Waals surface area contributed by atoms with Crippen LogP contribution < -0.4 is 15.5 Å². The second kappa shape index (κ2) is 11.9. The average Bonchev–Trinajstić information content (AvgIpc) is 2.82. The van der Waals surface area contributed by atoms with Gasteiger partial charge in [0.2, 0.25) is 17.7 Å². The summed E-state index contributed by atoms with van der Waals surface area (Å²) in [6.45, 7) is 5.52. The Balaban J connectivity index is 1.93. The number of pyridine rings is 1. The fourth-order valence-electron chi connectivity index (χ4n) is 3.62. The van der Waals surface area contributed by atoms with E-state index in [4.69, 9.17) is 0 Å².